The lowest BCUT2D eigenvalue weighted by molar-refractivity contribution is 0.0690. The molecule has 0 atom stereocenters. The molecule has 0 bridgehead atoms. The Bertz CT molecular complexity index is 855. The predicted octanol–water partition coefficient (Wildman–Crippen LogP) is 4.07. The van der Waals surface area contributed by atoms with Gasteiger partial charge in [-0.15, -0.1) is 11.3 Å². The van der Waals surface area contributed by atoms with Crippen LogP contribution in [0.25, 0.3) is 10.6 Å². The van der Waals surface area contributed by atoms with Crippen molar-refractivity contribution in [3.8, 4) is 10.6 Å². The molecule has 3 rings (SSSR count). The van der Waals surface area contributed by atoms with Gasteiger partial charge in [-0.2, -0.15) is 0 Å². The number of halogens is 2. The van der Waals surface area contributed by atoms with Crippen LogP contribution in [0.1, 0.15) is 21.9 Å². The fraction of sp³-hybridized carbons (Fsp3) is 0.154. The fourth-order valence-corrected chi connectivity index (χ4v) is 3.56. The van der Waals surface area contributed by atoms with E-state index in [9.17, 15) is 4.79 Å². The summed E-state index contributed by atoms with van der Waals surface area (Å²) < 4.78 is 8.13. The van der Waals surface area contributed by atoms with E-state index in [2.05, 4.69) is 26.1 Å². The Kier molecular flexibility index (Phi) is 4.07. The Morgan fingerprint density at radius 2 is 2.32 bits per heavy atom. The summed E-state index contributed by atoms with van der Waals surface area (Å²) in [5.74, 6) is -0.440. The molecule has 6 nitrogen and oxygen atoms in total. The Labute approximate surface area is 142 Å². The lowest BCUT2D eigenvalue weighted by Crippen LogP contribution is -2.05. The molecule has 3 aromatic rings. The highest BCUT2D eigenvalue weighted by Crippen LogP contribution is 2.31. The van der Waals surface area contributed by atoms with Crippen LogP contribution in [0.3, 0.4) is 0 Å². The van der Waals surface area contributed by atoms with E-state index in [-0.39, 0.29) is 5.69 Å². The second kappa shape index (κ2) is 5.86. The third-order valence-corrected chi connectivity index (χ3v) is 4.92. The Morgan fingerprint density at radius 1 is 1.55 bits per heavy atom. The zero-order valence-electron chi connectivity index (χ0n) is 11.2. The molecule has 1 N–H and O–H groups in total. The minimum absolute atomic E-state index is 0.0145. The molecule has 0 aliphatic rings. The Morgan fingerprint density at radius 3 is 2.91 bits per heavy atom. The first kappa shape index (κ1) is 15.3. The minimum Gasteiger partial charge on any atom is -0.476 e. The highest BCUT2D eigenvalue weighted by molar-refractivity contribution is 9.10. The second-order valence-corrected chi connectivity index (χ2v) is 6.92. The van der Waals surface area contributed by atoms with Crippen molar-refractivity contribution in [2.75, 3.05) is 0 Å². The van der Waals surface area contributed by atoms with Crippen LogP contribution in [-0.2, 0) is 6.54 Å². The van der Waals surface area contributed by atoms with Gasteiger partial charge in [-0.1, -0.05) is 16.8 Å². The third-order valence-electron chi connectivity index (χ3n) is 3.07. The van der Waals surface area contributed by atoms with Crippen LogP contribution in [0.4, 0.5) is 0 Å². The van der Waals surface area contributed by atoms with Crippen molar-refractivity contribution >= 4 is 44.8 Å². The predicted molar refractivity (Wildman–Crippen MR) is 85.6 cm³/mol. The van der Waals surface area contributed by atoms with Crippen LogP contribution in [0.15, 0.2) is 27.5 Å². The number of carboxylic acid groups (broad SMARTS) is 1. The van der Waals surface area contributed by atoms with Crippen LogP contribution in [0.2, 0.25) is 4.34 Å². The molecule has 0 saturated carbocycles. The maximum Gasteiger partial charge on any atom is 0.356 e. The highest BCUT2D eigenvalue weighted by atomic mass is 79.9. The minimum atomic E-state index is -1.06. The Balaban J connectivity index is 1.88. The van der Waals surface area contributed by atoms with Crippen molar-refractivity contribution in [2.45, 2.75) is 13.5 Å². The molecule has 3 aromatic heterocycles. The van der Waals surface area contributed by atoms with E-state index >= 15 is 0 Å². The first-order chi connectivity index (χ1) is 10.5. The second-order valence-electron chi connectivity index (χ2n) is 4.49. The largest absolute Gasteiger partial charge is 0.476 e. The molecule has 0 aliphatic heterocycles. The molecule has 22 heavy (non-hydrogen) atoms. The van der Waals surface area contributed by atoms with E-state index in [1.165, 1.54) is 11.3 Å². The summed E-state index contributed by atoms with van der Waals surface area (Å²) in [4.78, 5) is 16.0. The van der Waals surface area contributed by atoms with Crippen LogP contribution in [0.5, 0.6) is 0 Å². The first-order valence-corrected chi connectivity index (χ1v) is 8.11. The molecule has 0 aliphatic carbocycles. The van der Waals surface area contributed by atoms with Crippen LogP contribution >= 0.6 is 38.9 Å². The monoisotopic (exact) mass is 401 g/mol. The van der Waals surface area contributed by atoms with Crippen LogP contribution in [-0.4, -0.2) is 25.8 Å². The number of carboxylic acids is 1. The highest BCUT2D eigenvalue weighted by Gasteiger charge is 2.19. The standard InChI is InChI=1S/C13H9BrClN3O3S/c1-6-11(12(19)20)16-13(14)18(6)5-7-4-8(21-17-7)9-2-3-10(15)22-9/h2-4H,5H2,1H3,(H,19,20). The van der Waals surface area contributed by atoms with Gasteiger partial charge in [0, 0.05) is 6.07 Å². The molecule has 0 unspecified atom stereocenters. The maximum atomic E-state index is 11.1. The van der Waals surface area contributed by atoms with Crippen molar-refractivity contribution < 1.29 is 14.4 Å². The Hall–Kier alpha value is -1.64. The number of imidazole rings is 1. The lowest BCUT2D eigenvalue weighted by atomic mass is 10.3. The summed E-state index contributed by atoms with van der Waals surface area (Å²) in [6.45, 7) is 2.05. The summed E-state index contributed by atoms with van der Waals surface area (Å²) in [5, 5.41) is 13.1. The van der Waals surface area contributed by atoms with Gasteiger partial charge in [0.15, 0.2) is 16.2 Å². The molecule has 0 aromatic carbocycles. The SMILES string of the molecule is Cc1c(C(=O)O)nc(Br)n1Cc1cc(-c2ccc(Cl)s2)on1. The molecule has 114 valence electrons. The van der Waals surface area contributed by atoms with Gasteiger partial charge in [-0.3, -0.25) is 0 Å². The quantitative estimate of drug-likeness (QED) is 0.711. The molecular formula is C13H9BrClN3O3S. The van der Waals surface area contributed by atoms with Gasteiger partial charge < -0.3 is 14.2 Å². The number of thiophene rings is 1. The van der Waals surface area contributed by atoms with Gasteiger partial charge in [0.1, 0.15) is 5.69 Å². The smallest absolute Gasteiger partial charge is 0.356 e. The van der Waals surface area contributed by atoms with Gasteiger partial charge in [-0.05, 0) is 35.0 Å². The molecule has 9 heteroatoms. The van der Waals surface area contributed by atoms with Gasteiger partial charge in [0.2, 0.25) is 0 Å². The van der Waals surface area contributed by atoms with E-state index < -0.39 is 5.97 Å². The average Bonchev–Trinajstić information content (AvgIpc) is 3.14. The molecule has 0 radical (unpaired) electrons. The van der Waals surface area contributed by atoms with Crippen molar-refractivity contribution in [3.63, 3.8) is 0 Å². The van der Waals surface area contributed by atoms with Crippen molar-refractivity contribution in [3.05, 3.63) is 44.4 Å². The first-order valence-electron chi connectivity index (χ1n) is 6.13. The number of aromatic carboxylic acids is 1. The molecule has 3 heterocycles. The molecular weight excluding hydrogens is 394 g/mol. The van der Waals surface area contributed by atoms with Gasteiger partial charge in [0.05, 0.1) is 21.5 Å². The number of nitrogens with zero attached hydrogens (tertiary/aromatic N) is 3. The number of carbonyl (C=O) groups is 1. The van der Waals surface area contributed by atoms with Crippen molar-refractivity contribution in [1.82, 2.24) is 14.7 Å². The van der Waals surface area contributed by atoms with Gasteiger partial charge >= 0.3 is 5.97 Å². The van der Waals surface area contributed by atoms with E-state index in [0.29, 0.717) is 32.8 Å². The molecule has 0 amide bonds. The number of hydrogen-bond donors (Lipinski definition) is 1. The van der Waals surface area contributed by atoms with Gasteiger partial charge in [0.25, 0.3) is 0 Å². The molecule has 0 spiro atoms. The van der Waals surface area contributed by atoms with Gasteiger partial charge in [-0.25, -0.2) is 9.78 Å². The topological polar surface area (TPSA) is 81.1 Å². The zero-order valence-corrected chi connectivity index (χ0v) is 14.4. The third kappa shape index (κ3) is 2.81. The van der Waals surface area contributed by atoms with Crippen LogP contribution < -0.4 is 0 Å². The van der Waals surface area contributed by atoms with Crippen LogP contribution in [0, 0.1) is 6.92 Å². The summed E-state index contributed by atoms with van der Waals surface area (Å²) in [7, 11) is 0. The van der Waals surface area contributed by atoms with E-state index in [1.54, 1.807) is 23.6 Å². The summed E-state index contributed by atoms with van der Waals surface area (Å²) in [5.41, 5.74) is 1.22. The normalized spacial score (nSPS) is 11.0. The van der Waals surface area contributed by atoms with E-state index in [4.69, 9.17) is 21.2 Å². The lowest BCUT2D eigenvalue weighted by Gasteiger charge is -2.03. The summed E-state index contributed by atoms with van der Waals surface area (Å²) >= 11 is 10.6. The zero-order chi connectivity index (χ0) is 15.9. The number of hydrogen-bond acceptors (Lipinski definition) is 5. The fourth-order valence-electron chi connectivity index (χ4n) is 2.00. The number of aromatic nitrogens is 3. The maximum absolute atomic E-state index is 11.1. The average molecular weight is 403 g/mol. The van der Waals surface area contributed by atoms with E-state index in [1.807, 2.05) is 6.07 Å². The molecule has 0 saturated heterocycles. The number of rotatable bonds is 4. The van der Waals surface area contributed by atoms with E-state index in [0.717, 1.165) is 4.88 Å². The molecule has 0 fully saturated rings. The summed E-state index contributed by atoms with van der Waals surface area (Å²) in [6.07, 6.45) is 0. The van der Waals surface area contributed by atoms with Crippen molar-refractivity contribution in [1.29, 1.82) is 0 Å². The van der Waals surface area contributed by atoms with Crippen molar-refractivity contribution in [2.24, 2.45) is 0 Å². The summed E-state index contributed by atoms with van der Waals surface area (Å²) in [6, 6.07) is 5.45.